The Kier molecular flexibility index (Phi) is 2.60. The van der Waals surface area contributed by atoms with E-state index < -0.39 is 0 Å². The van der Waals surface area contributed by atoms with Crippen LogP contribution in [0.4, 0.5) is 5.69 Å². The number of hydrogen-bond donors (Lipinski definition) is 2. The maximum Gasteiger partial charge on any atom is 0.150 e. The Morgan fingerprint density at radius 1 is 1.06 bits per heavy atom. The van der Waals surface area contributed by atoms with Crippen molar-refractivity contribution in [3.8, 4) is 16.9 Å². The van der Waals surface area contributed by atoms with E-state index >= 15 is 0 Å². The van der Waals surface area contributed by atoms with Gasteiger partial charge in [0.1, 0.15) is 12.0 Å². The molecule has 0 aliphatic heterocycles. The van der Waals surface area contributed by atoms with E-state index in [1.807, 2.05) is 0 Å². The lowest BCUT2D eigenvalue weighted by Crippen LogP contribution is -1.86. The summed E-state index contributed by atoms with van der Waals surface area (Å²) in [6, 6.07) is 11.8. The Bertz CT molecular complexity index is 518. The smallest absolute Gasteiger partial charge is 0.150 e. The highest BCUT2D eigenvalue weighted by Gasteiger charge is 2.05. The largest absolute Gasteiger partial charge is 0.507 e. The van der Waals surface area contributed by atoms with E-state index in [0.717, 1.165) is 11.8 Å². The summed E-state index contributed by atoms with van der Waals surface area (Å²) in [5.74, 6) is 0.148. The molecule has 0 fully saturated rings. The fourth-order valence-corrected chi connectivity index (χ4v) is 1.52. The fraction of sp³-hybridized carbons (Fsp3) is 0. The molecule has 0 heterocycles. The fourth-order valence-electron chi connectivity index (χ4n) is 1.52. The van der Waals surface area contributed by atoms with Crippen LogP contribution in [0.3, 0.4) is 0 Å². The van der Waals surface area contributed by atoms with Gasteiger partial charge >= 0.3 is 0 Å². The number of nitrogen functional groups attached to an aromatic ring is 1. The lowest BCUT2D eigenvalue weighted by Gasteiger charge is -2.05. The second-order valence-corrected chi connectivity index (χ2v) is 3.52. The maximum atomic E-state index is 10.7. The highest BCUT2D eigenvalue weighted by Crippen LogP contribution is 2.30. The van der Waals surface area contributed by atoms with Crippen LogP contribution in [0.25, 0.3) is 11.1 Å². The summed E-state index contributed by atoms with van der Waals surface area (Å²) in [5.41, 5.74) is 8.23. The summed E-state index contributed by atoms with van der Waals surface area (Å²) >= 11 is 0. The van der Waals surface area contributed by atoms with Crippen molar-refractivity contribution in [1.29, 1.82) is 0 Å². The van der Waals surface area contributed by atoms with Crippen LogP contribution in [-0.4, -0.2) is 11.4 Å². The van der Waals surface area contributed by atoms with Crippen molar-refractivity contribution in [2.75, 3.05) is 5.73 Å². The van der Waals surface area contributed by atoms with Gasteiger partial charge in [-0.3, -0.25) is 4.79 Å². The summed E-state index contributed by atoms with van der Waals surface area (Å²) in [6.45, 7) is 0. The van der Waals surface area contributed by atoms with E-state index in [1.54, 1.807) is 36.4 Å². The van der Waals surface area contributed by atoms with E-state index in [2.05, 4.69) is 0 Å². The number of carbonyl (C=O) groups is 1. The van der Waals surface area contributed by atoms with Gasteiger partial charge in [-0.2, -0.15) is 0 Å². The molecule has 0 radical (unpaired) electrons. The summed E-state index contributed by atoms with van der Waals surface area (Å²) in [6.07, 6.45) is 0.750. The minimum absolute atomic E-state index is 0.148. The molecule has 0 aliphatic rings. The van der Waals surface area contributed by atoms with Crippen LogP contribution in [0.15, 0.2) is 42.5 Å². The van der Waals surface area contributed by atoms with Crippen LogP contribution >= 0.6 is 0 Å². The zero-order valence-electron chi connectivity index (χ0n) is 8.55. The van der Waals surface area contributed by atoms with Crippen LogP contribution < -0.4 is 5.73 Å². The van der Waals surface area contributed by atoms with Crippen molar-refractivity contribution in [2.24, 2.45) is 0 Å². The van der Waals surface area contributed by atoms with Crippen molar-refractivity contribution in [3.63, 3.8) is 0 Å². The molecular weight excluding hydrogens is 202 g/mol. The molecule has 16 heavy (non-hydrogen) atoms. The van der Waals surface area contributed by atoms with Crippen LogP contribution in [0.5, 0.6) is 5.75 Å². The van der Waals surface area contributed by atoms with E-state index in [4.69, 9.17) is 5.73 Å². The molecule has 2 aromatic rings. The summed E-state index contributed by atoms with van der Waals surface area (Å²) in [4.78, 5) is 10.7. The third kappa shape index (κ3) is 1.88. The minimum Gasteiger partial charge on any atom is -0.507 e. The summed E-state index contributed by atoms with van der Waals surface area (Å²) in [7, 11) is 0. The van der Waals surface area contributed by atoms with Crippen LogP contribution in [0.1, 0.15) is 10.4 Å². The highest BCUT2D eigenvalue weighted by molar-refractivity contribution is 5.81. The second-order valence-electron chi connectivity index (χ2n) is 3.52. The van der Waals surface area contributed by atoms with Gasteiger partial charge in [0.15, 0.2) is 0 Å². The molecule has 0 saturated heterocycles. The molecule has 80 valence electrons. The van der Waals surface area contributed by atoms with Crippen LogP contribution in [0, 0.1) is 0 Å². The number of hydrogen-bond acceptors (Lipinski definition) is 3. The molecule has 3 nitrogen and oxygen atoms in total. The third-order valence-corrected chi connectivity index (χ3v) is 2.38. The van der Waals surface area contributed by atoms with Crippen molar-refractivity contribution >= 4 is 12.0 Å². The number of phenols is 1. The first kappa shape index (κ1) is 10.2. The average molecular weight is 213 g/mol. The Morgan fingerprint density at radius 3 is 2.38 bits per heavy atom. The third-order valence-electron chi connectivity index (χ3n) is 2.38. The maximum absolute atomic E-state index is 10.7. The van der Waals surface area contributed by atoms with Gasteiger partial charge in [-0.05, 0) is 35.9 Å². The topological polar surface area (TPSA) is 63.3 Å². The molecule has 0 aromatic heterocycles. The molecular formula is C13H11NO2. The standard InChI is InChI=1S/C13H11NO2/c14-11-4-2-10(3-5-11)12-7-9(8-15)1-6-13(12)16/h1-8,16H,14H2. The Morgan fingerprint density at radius 2 is 1.75 bits per heavy atom. The average Bonchev–Trinajstić information content (AvgIpc) is 2.31. The van der Waals surface area contributed by atoms with Gasteiger partial charge in [0.2, 0.25) is 0 Å². The number of aromatic hydroxyl groups is 1. The zero-order valence-corrected chi connectivity index (χ0v) is 8.55. The molecule has 0 atom stereocenters. The molecule has 0 aliphatic carbocycles. The molecule has 0 bridgehead atoms. The number of carbonyl (C=O) groups excluding carboxylic acids is 1. The van der Waals surface area contributed by atoms with E-state index in [9.17, 15) is 9.90 Å². The number of anilines is 1. The summed E-state index contributed by atoms with van der Waals surface area (Å²) in [5, 5.41) is 9.71. The molecule has 0 unspecified atom stereocenters. The molecule has 3 heteroatoms. The predicted molar refractivity (Wildman–Crippen MR) is 63.3 cm³/mol. The monoisotopic (exact) mass is 213 g/mol. The van der Waals surface area contributed by atoms with Crippen LogP contribution in [0.2, 0.25) is 0 Å². The Balaban J connectivity index is 2.54. The van der Waals surface area contributed by atoms with Crippen LogP contribution in [-0.2, 0) is 0 Å². The molecule has 0 spiro atoms. The molecule has 2 aromatic carbocycles. The van der Waals surface area contributed by atoms with Crippen molar-refractivity contribution in [3.05, 3.63) is 48.0 Å². The van der Waals surface area contributed by atoms with Gasteiger partial charge in [-0.15, -0.1) is 0 Å². The minimum atomic E-state index is 0.148. The predicted octanol–water partition coefficient (Wildman–Crippen LogP) is 2.45. The zero-order chi connectivity index (χ0) is 11.5. The van der Waals surface area contributed by atoms with Gasteiger partial charge in [0.25, 0.3) is 0 Å². The lowest BCUT2D eigenvalue weighted by atomic mass is 10.0. The highest BCUT2D eigenvalue weighted by atomic mass is 16.3. The first-order valence-corrected chi connectivity index (χ1v) is 4.85. The van der Waals surface area contributed by atoms with Crippen molar-refractivity contribution in [2.45, 2.75) is 0 Å². The Hall–Kier alpha value is -2.29. The second kappa shape index (κ2) is 4.06. The SMILES string of the molecule is Nc1ccc(-c2cc(C=O)ccc2O)cc1. The quantitative estimate of drug-likeness (QED) is 0.595. The van der Waals surface area contributed by atoms with Gasteiger partial charge in [-0.25, -0.2) is 0 Å². The van der Waals surface area contributed by atoms with Gasteiger partial charge in [0.05, 0.1) is 0 Å². The summed E-state index contributed by atoms with van der Waals surface area (Å²) < 4.78 is 0. The molecule has 2 rings (SSSR count). The molecule has 3 N–H and O–H groups in total. The number of phenolic OH excluding ortho intramolecular Hbond substituents is 1. The number of rotatable bonds is 2. The lowest BCUT2D eigenvalue weighted by molar-refractivity contribution is 0.112. The molecule has 0 saturated carbocycles. The normalized spacial score (nSPS) is 10.0. The van der Waals surface area contributed by atoms with Crippen molar-refractivity contribution < 1.29 is 9.90 Å². The van der Waals surface area contributed by atoms with Crippen molar-refractivity contribution in [1.82, 2.24) is 0 Å². The van der Waals surface area contributed by atoms with Gasteiger partial charge in [-0.1, -0.05) is 12.1 Å². The molecule has 0 amide bonds. The van der Waals surface area contributed by atoms with E-state index in [-0.39, 0.29) is 5.75 Å². The van der Waals surface area contributed by atoms with E-state index in [0.29, 0.717) is 16.8 Å². The number of benzene rings is 2. The first-order chi connectivity index (χ1) is 7.70. The first-order valence-electron chi connectivity index (χ1n) is 4.85. The number of nitrogens with two attached hydrogens (primary N) is 1. The number of aldehydes is 1. The van der Waals surface area contributed by atoms with E-state index in [1.165, 1.54) is 6.07 Å². The Labute approximate surface area is 93.1 Å². The van der Waals surface area contributed by atoms with Gasteiger partial charge in [0, 0.05) is 16.8 Å². The van der Waals surface area contributed by atoms with Gasteiger partial charge < -0.3 is 10.8 Å².